The Morgan fingerprint density at radius 1 is 1.18 bits per heavy atom. The van der Waals surface area contributed by atoms with Crippen LogP contribution in [0.1, 0.15) is 48.9 Å². The third-order valence-corrected chi connectivity index (χ3v) is 6.97. The minimum atomic E-state index is -3.94. The number of hydrogen-bond donors (Lipinski definition) is 1. The highest BCUT2D eigenvalue weighted by Crippen LogP contribution is 2.34. The van der Waals surface area contributed by atoms with Crippen LogP contribution in [-0.4, -0.2) is 39.2 Å². The Hall–Kier alpha value is -3.14. The van der Waals surface area contributed by atoms with E-state index in [1.54, 1.807) is 0 Å². The molecule has 9 nitrogen and oxygen atoms in total. The number of nitro groups is 1. The summed E-state index contributed by atoms with van der Waals surface area (Å²) in [7, 11) is -2.61. The van der Waals surface area contributed by atoms with Crippen LogP contribution >= 0.6 is 0 Å². The molecule has 0 bridgehead atoms. The van der Waals surface area contributed by atoms with Crippen molar-refractivity contribution in [2.45, 2.75) is 45.1 Å². The Morgan fingerprint density at radius 2 is 1.88 bits per heavy atom. The number of methoxy groups -OCH3 is 1. The number of nitro benzene ring substituents is 1. The average molecular weight is 476 g/mol. The van der Waals surface area contributed by atoms with Crippen molar-refractivity contribution in [3.8, 4) is 5.75 Å². The second-order valence-corrected chi connectivity index (χ2v) is 10.1. The molecule has 178 valence electrons. The van der Waals surface area contributed by atoms with Gasteiger partial charge in [-0.2, -0.15) is 0 Å². The summed E-state index contributed by atoms with van der Waals surface area (Å²) in [5, 5.41) is 14.1. The van der Waals surface area contributed by atoms with Gasteiger partial charge in [0.05, 0.1) is 24.3 Å². The number of carbonyl (C=O) groups is 1. The second-order valence-electron chi connectivity index (χ2n) is 8.15. The number of rotatable bonds is 9. The molecule has 0 spiro atoms. The number of non-ortho nitro benzene ring substituents is 1. The van der Waals surface area contributed by atoms with Gasteiger partial charge in [-0.3, -0.25) is 19.2 Å². The summed E-state index contributed by atoms with van der Waals surface area (Å²) in [5.41, 5.74) is 3.25. The number of amides is 1. The largest absolute Gasteiger partial charge is 0.495 e. The molecule has 0 fully saturated rings. The molecule has 0 saturated heterocycles. The molecule has 10 heteroatoms. The van der Waals surface area contributed by atoms with Gasteiger partial charge in [-0.1, -0.05) is 25.1 Å². The van der Waals surface area contributed by atoms with Gasteiger partial charge in [0, 0.05) is 12.1 Å². The zero-order chi connectivity index (χ0) is 24.2. The average Bonchev–Trinajstić information content (AvgIpc) is 2.79. The predicted molar refractivity (Wildman–Crippen MR) is 126 cm³/mol. The minimum absolute atomic E-state index is 0.0637. The fourth-order valence-electron chi connectivity index (χ4n) is 4.13. The topological polar surface area (TPSA) is 119 Å². The molecule has 0 radical (unpaired) electrons. The molecule has 3 rings (SSSR count). The molecule has 0 aliphatic heterocycles. The van der Waals surface area contributed by atoms with Crippen LogP contribution in [0.2, 0.25) is 0 Å². The number of nitrogens with zero attached hydrogens (tertiary/aromatic N) is 2. The van der Waals surface area contributed by atoms with Crippen molar-refractivity contribution in [1.82, 2.24) is 5.32 Å². The maximum atomic E-state index is 12.9. The number of nitrogens with one attached hydrogen (secondary N) is 1. The van der Waals surface area contributed by atoms with E-state index in [-0.39, 0.29) is 23.2 Å². The Kier molecular flexibility index (Phi) is 7.57. The summed E-state index contributed by atoms with van der Waals surface area (Å²) >= 11 is 0. The van der Waals surface area contributed by atoms with Crippen LogP contribution in [0.3, 0.4) is 0 Å². The van der Waals surface area contributed by atoms with Crippen molar-refractivity contribution >= 4 is 27.3 Å². The Bertz CT molecular complexity index is 1150. The Morgan fingerprint density at radius 3 is 2.48 bits per heavy atom. The summed E-state index contributed by atoms with van der Waals surface area (Å²) in [5.74, 6) is -0.404. The van der Waals surface area contributed by atoms with Crippen molar-refractivity contribution in [2.24, 2.45) is 0 Å². The molecule has 1 aliphatic rings. The van der Waals surface area contributed by atoms with Gasteiger partial charge in [-0.25, -0.2) is 8.42 Å². The van der Waals surface area contributed by atoms with Crippen LogP contribution in [0.5, 0.6) is 5.75 Å². The molecular weight excluding hydrogens is 446 g/mol. The molecule has 1 atom stereocenters. The van der Waals surface area contributed by atoms with Crippen LogP contribution in [0.15, 0.2) is 36.4 Å². The smallest absolute Gasteiger partial charge is 0.271 e. The first-order chi connectivity index (χ1) is 15.6. The summed E-state index contributed by atoms with van der Waals surface area (Å²) in [6, 6.07) is 9.58. The van der Waals surface area contributed by atoms with Crippen molar-refractivity contribution in [2.75, 3.05) is 24.2 Å². The number of fused-ring (bicyclic) bond motifs is 1. The highest BCUT2D eigenvalue weighted by molar-refractivity contribution is 7.92. The van der Waals surface area contributed by atoms with Crippen molar-refractivity contribution in [1.29, 1.82) is 0 Å². The zero-order valence-electron chi connectivity index (χ0n) is 19.0. The number of aryl methyl sites for hydroxylation is 2. The first-order valence-electron chi connectivity index (χ1n) is 10.8. The Labute approximate surface area is 193 Å². The number of benzene rings is 2. The van der Waals surface area contributed by atoms with E-state index in [4.69, 9.17) is 4.74 Å². The molecule has 0 heterocycles. The predicted octanol–water partition coefficient (Wildman–Crippen LogP) is 3.52. The zero-order valence-corrected chi connectivity index (χ0v) is 19.9. The van der Waals surface area contributed by atoms with Gasteiger partial charge in [0.2, 0.25) is 15.9 Å². The lowest BCUT2D eigenvalue weighted by molar-refractivity contribution is -0.384. The standard InChI is InChI=1S/C23H29N3O6S/c1-4-20(18-10-9-16-7-5-6-8-17(16)13-18)24-23(27)15-25(33(3,30)31)21-14-19(26(28)29)11-12-22(21)32-2/h9-14,20H,4-8,15H2,1-3H3,(H,24,27)/t20-/m1/s1. The van der Waals surface area contributed by atoms with E-state index in [9.17, 15) is 23.3 Å². The minimum Gasteiger partial charge on any atom is -0.495 e. The van der Waals surface area contributed by atoms with E-state index in [0.717, 1.165) is 41.5 Å². The van der Waals surface area contributed by atoms with Crippen LogP contribution in [0.4, 0.5) is 11.4 Å². The lowest BCUT2D eigenvalue weighted by atomic mass is 9.89. The molecule has 1 N–H and O–H groups in total. The van der Waals surface area contributed by atoms with Gasteiger partial charge in [0.15, 0.2) is 0 Å². The van der Waals surface area contributed by atoms with Crippen molar-refractivity contribution < 1.29 is 22.9 Å². The van der Waals surface area contributed by atoms with E-state index in [1.807, 2.05) is 13.0 Å². The van der Waals surface area contributed by atoms with E-state index in [1.165, 1.54) is 36.8 Å². The lowest BCUT2D eigenvalue weighted by Crippen LogP contribution is -2.41. The van der Waals surface area contributed by atoms with Crippen LogP contribution in [0, 0.1) is 10.1 Å². The second kappa shape index (κ2) is 10.2. The maximum Gasteiger partial charge on any atom is 0.271 e. The molecule has 0 aromatic heterocycles. The van der Waals surface area contributed by atoms with Crippen LogP contribution < -0.4 is 14.4 Å². The van der Waals surface area contributed by atoms with Gasteiger partial charge >= 0.3 is 0 Å². The highest BCUT2D eigenvalue weighted by atomic mass is 32.2. The quantitative estimate of drug-likeness (QED) is 0.438. The van der Waals surface area contributed by atoms with Gasteiger partial charge < -0.3 is 10.1 Å². The van der Waals surface area contributed by atoms with E-state index in [0.29, 0.717) is 6.42 Å². The fraction of sp³-hybridized carbons (Fsp3) is 0.435. The van der Waals surface area contributed by atoms with Crippen LogP contribution in [-0.2, 0) is 27.7 Å². The normalized spacial score (nSPS) is 14.2. The number of hydrogen-bond acceptors (Lipinski definition) is 6. The number of anilines is 1. The van der Waals surface area contributed by atoms with Crippen LogP contribution in [0.25, 0.3) is 0 Å². The molecule has 1 aliphatic carbocycles. The van der Waals surface area contributed by atoms with Gasteiger partial charge in [-0.05, 0) is 54.9 Å². The third kappa shape index (κ3) is 5.81. The summed E-state index contributed by atoms with van der Waals surface area (Å²) in [4.78, 5) is 23.5. The molecule has 0 unspecified atom stereocenters. The maximum absolute atomic E-state index is 12.9. The number of carbonyl (C=O) groups excluding carboxylic acids is 1. The molecule has 1 amide bonds. The van der Waals surface area contributed by atoms with Gasteiger partial charge in [-0.15, -0.1) is 0 Å². The SMILES string of the molecule is CC[C@@H](NC(=O)CN(c1cc([N+](=O)[O-])ccc1OC)S(C)(=O)=O)c1ccc2c(c1)CCCC2. The number of ether oxygens (including phenoxy) is 1. The van der Waals surface area contributed by atoms with E-state index in [2.05, 4.69) is 17.4 Å². The van der Waals surface area contributed by atoms with E-state index < -0.39 is 27.4 Å². The lowest BCUT2D eigenvalue weighted by Gasteiger charge is -2.26. The molecule has 2 aromatic rings. The fourth-order valence-corrected chi connectivity index (χ4v) is 4.98. The number of sulfonamides is 1. The molecule has 0 saturated carbocycles. The monoisotopic (exact) mass is 475 g/mol. The molecular formula is C23H29N3O6S. The first-order valence-corrected chi connectivity index (χ1v) is 12.7. The van der Waals surface area contributed by atoms with Crippen molar-refractivity contribution in [3.63, 3.8) is 0 Å². The van der Waals surface area contributed by atoms with Gasteiger partial charge in [0.25, 0.3) is 5.69 Å². The van der Waals surface area contributed by atoms with E-state index >= 15 is 0 Å². The first kappa shape index (κ1) is 24.5. The molecule has 33 heavy (non-hydrogen) atoms. The third-order valence-electron chi connectivity index (χ3n) is 5.85. The molecule has 2 aromatic carbocycles. The highest BCUT2D eigenvalue weighted by Gasteiger charge is 2.27. The summed E-state index contributed by atoms with van der Waals surface area (Å²) in [6.45, 7) is 1.42. The summed E-state index contributed by atoms with van der Waals surface area (Å²) < 4.78 is 31.1. The summed E-state index contributed by atoms with van der Waals surface area (Å²) in [6.07, 6.45) is 5.98. The Balaban J connectivity index is 1.85. The van der Waals surface area contributed by atoms with Gasteiger partial charge in [0.1, 0.15) is 18.0 Å². The van der Waals surface area contributed by atoms with Crippen molar-refractivity contribution in [3.05, 3.63) is 63.2 Å².